The Morgan fingerprint density at radius 1 is 1.32 bits per heavy atom. The standard InChI is InChI=1S/C19H22N2O4/c1-11(2)14-8-9-25-17(14)18(22)20-10-13-6-7-15(19(23)24-3)16(21-13)12-4-5-12/h6-9,11-12H,4-5,10H2,1-3H3,(H,20,22). The zero-order chi connectivity index (χ0) is 18.0. The maximum Gasteiger partial charge on any atom is 0.339 e. The molecule has 0 spiro atoms. The first-order valence-corrected chi connectivity index (χ1v) is 8.45. The number of amides is 1. The van der Waals surface area contributed by atoms with Crippen molar-refractivity contribution in [2.75, 3.05) is 7.11 Å². The number of aromatic nitrogens is 1. The SMILES string of the molecule is COC(=O)c1ccc(CNC(=O)c2occc2C(C)C)nc1C1CC1. The molecule has 6 nitrogen and oxygen atoms in total. The lowest BCUT2D eigenvalue weighted by Gasteiger charge is -2.10. The Bertz CT molecular complexity index is 790. The average molecular weight is 342 g/mol. The van der Waals surface area contributed by atoms with Crippen LogP contribution in [0.1, 0.15) is 76.4 Å². The van der Waals surface area contributed by atoms with Crippen LogP contribution in [0.3, 0.4) is 0 Å². The molecule has 132 valence electrons. The van der Waals surface area contributed by atoms with Crippen molar-refractivity contribution in [3.63, 3.8) is 0 Å². The van der Waals surface area contributed by atoms with E-state index in [9.17, 15) is 9.59 Å². The summed E-state index contributed by atoms with van der Waals surface area (Å²) in [5.41, 5.74) is 2.86. The lowest BCUT2D eigenvalue weighted by Crippen LogP contribution is -2.24. The number of ether oxygens (including phenoxy) is 1. The maximum atomic E-state index is 12.4. The molecule has 1 saturated carbocycles. The highest BCUT2D eigenvalue weighted by Crippen LogP contribution is 2.40. The molecule has 2 aromatic rings. The van der Waals surface area contributed by atoms with Gasteiger partial charge in [-0.15, -0.1) is 0 Å². The molecule has 1 N–H and O–H groups in total. The normalized spacial score (nSPS) is 13.8. The van der Waals surface area contributed by atoms with Crippen molar-refractivity contribution >= 4 is 11.9 Å². The van der Waals surface area contributed by atoms with Crippen molar-refractivity contribution in [2.45, 2.75) is 45.1 Å². The smallest absolute Gasteiger partial charge is 0.339 e. The first kappa shape index (κ1) is 17.2. The molecule has 0 bridgehead atoms. The summed E-state index contributed by atoms with van der Waals surface area (Å²) in [7, 11) is 1.36. The van der Waals surface area contributed by atoms with Gasteiger partial charge in [0, 0.05) is 11.5 Å². The van der Waals surface area contributed by atoms with Crippen LogP contribution in [0.25, 0.3) is 0 Å². The highest BCUT2D eigenvalue weighted by atomic mass is 16.5. The van der Waals surface area contributed by atoms with Gasteiger partial charge < -0.3 is 14.5 Å². The Morgan fingerprint density at radius 2 is 2.08 bits per heavy atom. The summed E-state index contributed by atoms with van der Waals surface area (Å²) in [4.78, 5) is 28.8. The minimum absolute atomic E-state index is 0.207. The van der Waals surface area contributed by atoms with E-state index in [1.807, 2.05) is 19.9 Å². The highest BCUT2D eigenvalue weighted by Gasteiger charge is 2.30. The molecule has 3 rings (SSSR count). The molecule has 0 atom stereocenters. The number of carbonyl (C=O) groups excluding carboxylic acids is 2. The van der Waals surface area contributed by atoms with Gasteiger partial charge in [-0.3, -0.25) is 9.78 Å². The molecule has 6 heteroatoms. The molecule has 0 saturated heterocycles. The lowest BCUT2D eigenvalue weighted by atomic mass is 10.0. The van der Waals surface area contributed by atoms with Crippen molar-refractivity contribution in [2.24, 2.45) is 0 Å². The van der Waals surface area contributed by atoms with E-state index in [-0.39, 0.29) is 24.3 Å². The third-order valence-corrected chi connectivity index (χ3v) is 4.31. The molecule has 0 aliphatic heterocycles. The fourth-order valence-corrected chi connectivity index (χ4v) is 2.78. The van der Waals surface area contributed by atoms with E-state index in [1.54, 1.807) is 12.1 Å². The van der Waals surface area contributed by atoms with Gasteiger partial charge >= 0.3 is 5.97 Å². The minimum Gasteiger partial charge on any atom is -0.465 e. The van der Waals surface area contributed by atoms with Gasteiger partial charge in [-0.05, 0) is 37.0 Å². The summed E-state index contributed by atoms with van der Waals surface area (Å²) >= 11 is 0. The fourth-order valence-electron chi connectivity index (χ4n) is 2.78. The third kappa shape index (κ3) is 3.73. The van der Waals surface area contributed by atoms with Crippen LogP contribution in [-0.2, 0) is 11.3 Å². The van der Waals surface area contributed by atoms with Crippen LogP contribution in [-0.4, -0.2) is 24.0 Å². The molecule has 0 aromatic carbocycles. The number of hydrogen-bond acceptors (Lipinski definition) is 5. The molecule has 1 aliphatic carbocycles. The lowest BCUT2D eigenvalue weighted by molar-refractivity contribution is 0.0598. The predicted molar refractivity (Wildman–Crippen MR) is 91.5 cm³/mol. The third-order valence-electron chi connectivity index (χ3n) is 4.31. The number of esters is 1. The number of furan rings is 1. The second-order valence-corrected chi connectivity index (χ2v) is 6.54. The zero-order valence-corrected chi connectivity index (χ0v) is 14.7. The van der Waals surface area contributed by atoms with Gasteiger partial charge in [0.25, 0.3) is 5.91 Å². The van der Waals surface area contributed by atoms with Crippen molar-refractivity contribution in [3.05, 3.63) is 52.7 Å². The predicted octanol–water partition coefficient (Wildman–Crippen LogP) is 3.39. The van der Waals surface area contributed by atoms with Gasteiger partial charge in [-0.25, -0.2) is 4.79 Å². The number of nitrogens with one attached hydrogen (secondary N) is 1. The largest absolute Gasteiger partial charge is 0.465 e. The van der Waals surface area contributed by atoms with Crippen LogP contribution in [0.2, 0.25) is 0 Å². The minimum atomic E-state index is -0.373. The van der Waals surface area contributed by atoms with E-state index >= 15 is 0 Å². The van der Waals surface area contributed by atoms with Crippen molar-refractivity contribution < 1.29 is 18.7 Å². The molecule has 25 heavy (non-hydrogen) atoms. The van der Waals surface area contributed by atoms with Crippen LogP contribution < -0.4 is 5.32 Å². The second kappa shape index (κ2) is 7.09. The van der Waals surface area contributed by atoms with E-state index in [4.69, 9.17) is 9.15 Å². The van der Waals surface area contributed by atoms with E-state index in [2.05, 4.69) is 10.3 Å². The molecule has 1 aliphatic rings. The molecular formula is C19H22N2O4. The zero-order valence-electron chi connectivity index (χ0n) is 14.7. The fraction of sp³-hybridized carbons (Fsp3) is 0.421. The Kier molecular flexibility index (Phi) is 4.88. The van der Waals surface area contributed by atoms with Gasteiger partial charge in [0.2, 0.25) is 0 Å². The number of pyridine rings is 1. The van der Waals surface area contributed by atoms with E-state index < -0.39 is 0 Å². The first-order chi connectivity index (χ1) is 12.0. The second-order valence-electron chi connectivity index (χ2n) is 6.54. The Labute approximate surface area is 146 Å². The molecular weight excluding hydrogens is 320 g/mol. The Morgan fingerprint density at radius 3 is 2.72 bits per heavy atom. The summed E-state index contributed by atoms with van der Waals surface area (Å²) in [5, 5.41) is 2.83. The van der Waals surface area contributed by atoms with Crippen molar-refractivity contribution in [3.8, 4) is 0 Å². The molecule has 0 unspecified atom stereocenters. The number of rotatable bonds is 6. The summed E-state index contributed by atoms with van der Waals surface area (Å²) in [6.45, 7) is 4.30. The summed E-state index contributed by atoms with van der Waals surface area (Å²) < 4.78 is 10.1. The number of carbonyl (C=O) groups is 2. The molecule has 0 radical (unpaired) electrons. The highest BCUT2D eigenvalue weighted by molar-refractivity contribution is 5.93. The van der Waals surface area contributed by atoms with Gasteiger partial charge in [0.15, 0.2) is 5.76 Å². The van der Waals surface area contributed by atoms with Crippen molar-refractivity contribution in [1.29, 1.82) is 0 Å². The molecule has 1 fully saturated rings. The van der Waals surface area contributed by atoms with E-state index in [0.717, 1.165) is 24.1 Å². The number of hydrogen-bond donors (Lipinski definition) is 1. The maximum absolute atomic E-state index is 12.4. The molecule has 2 heterocycles. The first-order valence-electron chi connectivity index (χ1n) is 8.45. The van der Waals surface area contributed by atoms with Crippen LogP contribution in [0.15, 0.2) is 28.9 Å². The van der Waals surface area contributed by atoms with Crippen LogP contribution in [0, 0.1) is 0 Å². The van der Waals surface area contributed by atoms with Gasteiger partial charge in [-0.2, -0.15) is 0 Å². The van der Waals surface area contributed by atoms with Crippen LogP contribution >= 0.6 is 0 Å². The molecule has 2 aromatic heterocycles. The van der Waals surface area contributed by atoms with Gasteiger partial charge in [0.1, 0.15) is 0 Å². The Balaban J connectivity index is 1.73. The number of methoxy groups -OCH3 is 1. The van der Waals surface area contributed by atoms with E-state index in [1.165, 1.54) is 13.4 Å². The quantitative estimate of drug-likeness (QED) is 0.814. The van der Waals surface area contributed by atoms with Crippen molar-refractivity contribution in [1.82, 2.24) is 10.3 Å². The van der Waals surface area contributed by atoms with Gasteiger partial charge in [0.05, 0.1) is 36.9 Å². The molecule has 1 amide bonds. The number of nitrogens with zero attached hydrogens (tertiary/aromatic N) is 1. The average Bonchev–Trinajstić information content (AvgIpc) is 3.34. The van der Waals surface area contributed by atoms with Crippen LogP contribution in [0.5, 0.6) is 0 Å². The topological polar surface area (TPSA) is 81.4 Å². The van der Waals surface area contributed by atoms with Crippen LogP contribution in [0.4, 0.5) is 0 Å². The summed E-state index contributed by atoms with van der Waals surface area (Å²) in [5.74, 6) is 0.215. The monoisotopic (exact) mass is 342 g/mol. The van der Waals surface area contributed by atoms with Gasteiger partial charge in [-0.1, -0.05) is 13.8 Å². The van der Waals surface area contributed by atoms with E-state index in [0.29, 0.717) is 22.9 Å². The summed E-state index contributed by atoms with van der Waals surface area (Å²) in [6.07, 6.45) is 3.58. The summed E-state index contributed by atoms with van der Waals surface area (Å²) in [6, 6.07) is 5.28. The Hall–Kier alpha value is -2.63.